The molecule has 1 nitrogen and oxygen atoms in total. The maximum absolute atomic E-state index is 12.7. The van der Waals surface area contributed by atoms with Crippen LogP contribution < -0.4 is 0 Å². The van der Waals surface area contributed by atoms with Gasteiger partial charge in [-0.3, -0.25) is 4.98 Å². The fourth-order valence-corrected chi connectivity index (χ4v) is 0.758. The maximum atomic E-state index is 12.7. The Balaban J connectivity index is 3.04. The van der Waals surface area contributed by atoms with E-state index in [0.717, 1.165) is 0 Å². The summed E-state index contributed by atoms with van der Waals surface area (Å²) in [5.74, 6) is 0.0163. The van der Waals surface area contributed by atoms with Gasteiger partial charge in [0.05, 0.1) is 11.6 Å². The topological polar surface area (TPSA) is 12.9 Å². The Bertz CT molecular complexity index is 237. The van der Waals surface area contributed by atoms with Crippen LogP contribution in [0, 0.1) is 12.7 Å². The zero-order valence-corrected chi connectivity index (χ0v) is 6.32. The molecule has 0 aliphatic rings. The molecule has 1 aromatic heterocycles. The zero-order valence-electron chi connectivity index (χ0n) is 5.56. The molecule has 0 aliphatic heterocycles. The summed E-state index contributed by atoms with van der Waals surface area (Å²) in [5.41, 5.74) is 1.12. The summed E-state index contributed by atoms with van der Waals surface area (Å²) in [6.45, 7) is 1.67. The quantitative estimate of drug-likeness (QED) is 0.573. The smallest absolute Gasteiger partial charge is 0.129 e. The zero-order chi connectivity index (χ0) is 7.56. The van der Waals surface area contributed by atoms with Gasteiger partial charge in [-0.25, -0.2) is 4.39 Å². The standard InChI is InChI=1S/C7H7ClFN/c1-5-4-10-6(3-8)2-7(5)9/h2,4H,3H2,1H3. The van der Waals surface area contributed by atoms with Gasteiger partial charge in [-0.2, -0.15) is 0 Å². The lowest BCUT2D eigenvalue weighted by Gasteiger charge is -1.96. The molecule has 0 atom stereocenters. The molecular weight excluding hydrogens is 153 g/mol. The van der Waals surface area contributed by atoms with Gasteiger partial charge in [0.15, 0.2) is 0 Å². The second-order valence-corrected chi connectivity index (χ2v) is 2.33. The SMILES string of the molecule is Cc1cnc(CCl)cc1F. The highest BCUT2D eigenvalue weighted by Gasteiger charge is 1.97. The summed E-state index contributed by atoms with van der Waals surface area (Å²) in [6.07, 6.45) is 1.48. The van der Waals surface area contributed by atoms with Crippen molar-refractivity contribution in [1.29, 1.82) is 0 Å². The van der Waals surface area contributed by atoms with Gasteiger partial charge >= 0.3 is 0 Å². The van der Waals surface area contributed by atoms with Crippen molar-refractivity contribution in [2.24, 2.45) is 0 Å². The molecule has 0 aliphatic carbocycles. The number of aryl methyl sites for hydroxylation is 1. The molecule has 54 valence electrons. The average Bonchev–Trinajstić information content (AvgIpc) is 1.95. The van der Waals surface area contributed by atoms with Crippen LogP contribution in [0.3, 0.4) is 0 Å². The normalized spacial score (nSPS) is 9.90. The van der Waals surface area contributed by atoms with Crippen LogP contribution in [0.4, 0.5) is 4.39 Å². The molecule has 0 fully saturated rings. The third-order valence-electron chi connectivity index (χ3n) is 1.23. The first kappa shape index (κ1) is 7.48. The molecule has 0 spiro atoms. The Morgan fingerprint density at radius 3 is 2.90 bits per heavy atom. The predicted octanol–water partition coefficient (Wildman–Crippen LogP) is 2.27. The summed E-state index contributed by atoms with van der Waals surface area (Å²) >= 11 is 5.42. The van der Waals surface area contributed by atoms with E-state index in [9.17, 15) is 4.39 Å². The molecule has 0 aromatic carbocycles. The van der Waals surface area contributed by atoms with Gasteiger partial charge in [0.25, 0.3) is 0 Å². The van der Waals surface area contributed by atoms with E-state index in [1.807, 2.05) is 0 Å². The minimum Gasteiger partial charge on any atom is -0.260 e. The molecule has 0 amide bonds. The second kappa shape index (κ2) is 2.97. The lowest BCUT2D eigenvalue weighted by Crippen LogP contribution is -1.89. The van der Waals surface area contributed by atoms with E-state index < -0.39 is 0 Å². The van der Waals surface area contributed by atoms with E-state index in [2.05, 4.69) is 4.98 Å². The van der Waals surface area contributed by atoms with Crippen molar-refractivity contribution in [3.63, 3.8) is 0 Å². The fraction of sp³-hybridized carbons (Fsp3) is 0.286. The summed E-state index contributed by atoms with van der Waals surface area (Å²) in [7, 11) is 0. The van der Waals surface area contributed by atoms with Gasteiger partial charge < -0.3 is 0 Å². The summed E-state index contributed by atoms with van der Waals surface area (Å²) in [5, 5.41) is 0. The number of pyridine rings is 1. The highest BCUT2D eigenvalue weighted by molar-refractivity contribution is 6.16. The number of nitrogens with zero attached hydrogens (tertiary/aromatic N) is 1. The number of alkyl halides is 1. The van der Waals surface area contributed by atoms with Crippen LogP contribution in [0.25, 0.3) is 0 Å². The Hall–Kier alpha value is -0.630. The van der Waals surface area contributed by atoms with Crippen LogP contribution in [-0.2, 0) is 5.88 Å². The van der Waals surface area contributed by atoms with E-state index in [-0.39, 0.29) is 11.7 Å². The van der Waals surface area contributed by atoms with Crippen molar-refractivity contribution in [3.05, 3.63) is 29.3 Å². The molecule has 0 N–H and O–H groups in total. The van der Waals surface area contributed by atoms with Gasteiger partial charge in [0.1, 0.15) is 5.82 Å². The van der Waals surface area contributed by atoms with Crippen LogP contribution in [0.2, 0.25) is 0 Å². The number of hydrogen-bond acceptors (Lipinski definition) is 1. The van der Waals surface area contributed by atoms with E-state index >= 15 is 0 Å². The Morgan fingerprint density at radius 2 is 2.40 bits per heavy atom. The first-order valence-electron chi connectivity index (χ1n) is 2.91. The van der Waals surface area contributed by atoms with Gasteiger partial charge in [-0.1, -0.05) is 0 Å². The predicted molar refractivity (Wildman–Crippen MR) is 38.5 cm³/mol. The molecule has 3 heteroatoms. The minimum atomic E-state index is -0.245. The molecule has 1 heterocycles. The summed E-state index contributed by atoms with van der Waals surface area (Å²) < 4.78 is 12.7. The van der Waals surface area contributed by atoms with E-state index in [4.69, 9.17) is 11.6 Å². The second-order valence-electron chi connectivity index (χ2n) is 2.06. The molecule has 10 heavy (non-hydrogen) atoms. The van der Waals surface area contributed by atoms with Gasteiger partial charge in [0.2, 0.25) is 0 Å². The lowest BCUT2D eigenvalue weighted by atomic mass is 10.3. The molecule has 0 unspecified atom stereocenters. The van der Waals surface area contributed by atoms with Crippen molar-refractivity contribution in [3.8, 4) is 0 Å². The van der Waals surface area contributed by atoms with Gasteiger partial charge in [0, 0.05) is 11.8 Å². The van der Waals surface area contributed by atoms with Gasteiger partial charge in [-0.05, 0) is 13.0 Å². The highest BCUT2D eigenvalue weighted by Crippen LogP contribution is 2.06. The average molecular weight is 160 g/mol. The molecule has 1 rings (SSSR count). The largest absolute Gasteiger partial charge is 0.260 e. The first-order chi connectivity index (χ1) is 4.74. The number of aromatic nitrogens is 1. The molecule has 0 saturated carbocycles. The van der Waals surface area contributed by atoms with E-state index in [0.29, 0.717) is 11.3 Å². The van der Waals surface area contributed by atoms with Crippen LogP contribution in [0.5, 0.6) is 0 Å². The molecular formula is C7H7ClFN. The fourth-order valence-electron chi connectivity index (χ4n) is 0.612. The van der Waals surface area contributed by atoms with Crippen molar-refractivity contribution in [2.75, 3.05) is 0 Å². The lowest BCUT2D eigenvalue weighted by molar-refractivity contribution is 0.613. The third kappa shape index (κ3) is 1.45. The molecule has 0 saturated heterocycles. The van der Waals surface area contributed by atoms with Gasteiger partial charge in [-0.15, -0.1) is 11.6 Å². The first-order valence-corrected chi connectivity index (χ1v) is 3.44. The highest BCUT2D eigenvalue weighted by atomic mass is 35.5. The number of halogens is 2. The number of rotatable bonds is 1. The van der Waals surface area contributed by atoms with E-state index in [1.165, 1.54) is 12.3 Å². The number of hydrogen-bond donors (Lipinski definition) is 0. The summed E-state index contributed by atoms with van der Waals surface area (Å²) in [6, 6.07) is 1.35. The van der Waals surface area contributed by atoms with Crippen molar-refractivity contribution < 1.29 is 4.39 Å². The minimum absolute atomic E-state index is 0.245. The van der Waals surface area contributed by atoms with Crippen LogP contribution >= 0.6 is 11.6 Å². The third-order valence-corrected chi connectivity index (χ3v) is 1.50. The Kier molecular flexibility index (Phi) is 2.22. The van der Waals surface area contributed by atoms with Crippen LogP contribution in [-0.4, -0.2) is 4.98 Å². The van der Waals surface area contributed by atoms with Crippen LogP contribution in [0.1, 0.15) is 11.3 Å². The van der Waals surface area contributed by atoms with Crippen molar-refractivity contribution in [2.45, 2.75) is 12.8 Å². The molecule has 1 aromatic rings. The molecule has 0 radical (unpaired) electrons. The van der Waals surface area contributed by atoms with E-state index in [1.54, 1.807) is 6.92 Å². The monoisotopic (exact) mass is 159 g/mol. The Labute approximate surface area is 63.8 Å². The summed E-state index contributed by atoms with van der Waals surface area (Å²) in [4.78, 5) is 3.89. The molecule has 0 bridgehead atoms. The van der Waals surface area contributed by atoms with Crippen LogP contribution in [0.15, 0.2) is 12.3 Å². The maximum Gasteiger partial charge on any atom is 0.129 e. The van der Waals surface area contributed by atoms with Crippen molar-refractivity contribution in [1.82, 2.24) is 4.98 Å². The van der Waals surface area contributed by atoms with Crippen molar-refractivity contribution >= 4 is 11.6 Å². The Morgan fingerprint density at radius 1 is 1.70 bits per heavy atom.